The van der Waals surface area contributed by atoms with Crippen LogP contribution in [0.4, 0.5) is 5.82 Å². The molecule has 24 heavy (non-hydrogen) atoms. The molecule has 1 saturated heterocycles. The van der Waals surface area contributed by atoms with Crippen LogP contribution in [0.25, 0.3) is 0 Å². The fraction of sp³-hybridized carbons (Fsp3) is 0.733. The van der Waals surface area contributed by atoms with Gasteiger partial charge in [0.05, 0.1) is 6.61 Å². The number of anilines is 1. The van der Waals surface area contributed by atoms with Crippen LogP contribution in [0.3, 0.4) is 0 Å². The first kappa shape index (κ1) is 19.1. The van der Waals surface area contributed by atoms with E-state index in [1.807, 2.05) is 0 Å². The number of nitrogens with two attached hydrogens (primary N) is 2. The fourth-order valence-electron chi connectivity index (χ4n) is 2.32. The largest absolute Gasteiger partial charge is 0.414 e. The summed E-state index contributed by atoms with van der Waals surface area (Å²) in [5.41, 5.74) is 5.06. The quantitative estimate of drug-likeness (QED) is 0.605. The molecule has 8 nitrogen and oxygen atoms in total. The van der Waals surface area contributed by atoms with Crippen molar-refractivity contribution in [2.75, 3.05) is 12.3 Å². The van der Waals surface area contributed by atoms with E-state index in [-0.39, 0.29) is 23.1 Å². The summed E-state index contributed by atoms with van der Waals surface area (Å²) in [4.78, 5) is 20.7. The molecule has 4 N–H and O–H groups in total. The lowest BCUT2D eigenvalue weighted by molar-refractivity contribution is -0.0604. The number of hydrogen-bond donors (Lipinski definition) is 2. The van der Waals surface area contributed by atoms with Crippen molar-refractivity contribution in [1.82, 2.24) is 9.55 Å². The molecule has 1 unspecified atom stereocenters. The van der Waals surface area contributed by atoms with Gasteiger partial charge in [-0.1, -0.05) is 20.8 Å². The molecule has 0 radical (unpaired) electrons. The van der Waals surface area contributed by atoms with Crippen LogP contribution >= 0.6 is 0 Å². The van der Waals surface area contributed by atoms with Gasteiger partial charge in [0.1, 0.15) is 24.3 Å². The minimum atomic E-state index is -1.91. The molecule has 1 aromatic heterocycles. The molecular weight excluding hydrogens is 328 g/mol. The Morgan fingerprint density at radius 1 is 1.46 bits per heavy atom. The molecule has 1 aliphatic rings. The lowest BCUT2D eigenvalue weighted by Crippen LogP contribution is -2.44. The summed E-state index contributed by atoms with van der Waals surface area (Å²) in [5.74, 6) is 5.58. The van der Waals surface area contributed by atoms with E-state index in [4.69, 9.17) is 25.6 Å². The standard InChI is InChI=1S/C15H28N4O4Si/c1-15(2,3)24(4,5)21-9-11-10(23-17)8-13(22-11)19-7-6-12(16)18-14(19)20/h6-7,10-11,13H,8-9,17H2,1-5H3,(H2,16,18,20)/t10?,11-,13-/m1/s1. The summed E-state index contributed by atoms with van der Waals surface area (Å²) in [5, 5.41) is 0.0991. The molecular formula is C15H28N4O4Si. The minimum Gasteiger partial charge on any atom is -0.414 e. The summed E-state index contributed by atoms with van der Waals surface area (Å²) in [6, 6.07) is 1.56. The Morgan fingerprint density at radius 2 is 2.12 bits per heavy atom. The number of ether oxygens (including phenoxy) is 1. The molecule has 0 aliphatic carbocycles. The Balaban J connectivity index is 2.08. The van der Waals surface area contributed by atoms with Crippen LogP contribution in [0, 0.1) is 0 Å². The van der Waals surface area contributed by atoms with Crippen LogP contribution in [0.2, 0.25) is 18.1 Å². The third-order valence-corrected chi connectivity index (χ3v) is 9.43. The minimum absolute atomic E-state index is 0.0991. The van der Waals surface area contributed by atoms with E-state index in [0.717, 1.165) is 0 Å². The van der Waals surface area contributed by atoms with Crippen LogP contribution in [-0.4, -0.2) is 36.7 Å². The van der Waals surface area contributed by atoms with Crippen LogP contribution in [0.1, 0.15) is 33.4 Å². The molecule has 136 valence electrons. The first-order chi connectivity index (χ1) is 11.0. The van der Waals surface area contributed by atoms with Gasteiger partial charge in [-0.2, -0.15) is 4.98 Å². The van der Waals surface area contributed by atoms with Crippen molar-refractivity contribution in [3.05, 3.63) is 22.7 Å². The van der Waals surface area contributed by atoms with Crippen LogP contribution in [-0.2, 0) is 14.0 Å². The van der Waals surface area contributed by atoms with Gasteiger partial charge in [0.2, 0.25) is 0 Å². The molecule has 1 aliphatic heterocycles. The second-order valence-electron chi connectivity index (χ2n) is 7.65. The molecule has 0 aromatic carbocycles. The van der Waals surface area contributed by atoms with E-state index in [2.05, 4.69) is 38.8 Å². The van der Waals surface area contributed by atoms with E-state index in [1.165, 1.54) is 4.57 Å². The van der Waals surface area contributed by atoms with Crippen LogP contribution in [0.5, 0.6) is 0 Å². The summed E-state index contributed by atoms with van der Waals surface area (Å²) in [6.45, 7) is 11.3. The van der Waals surface area contributed by atoms with Gasteiger partial charge in [-0.3, -0.25) is 9.40 Å². The predicted molar refractivity (Wildman–Crippen MR) is 93.6 cm³/mol. The Labute approximate surface area is 143 Å². The highest BCUT2D eigenvalue weighted by Gasteiger charge is 2.42. The van der Waals surface area contributed by atoms with Gasteiger partial charge in [-0.15, -0.1) is 0 Å². The van der Waals surface area contributed by atoms with E-state index in [0.29, 0.717) is 13.0 Å². The maximum Gasteiger partial charge on any atom is 0.351 e. The highest BCUT2D eigenvalue weighted by Crippen LogP contribution is 2.38. The van der Waals surface area contributed by atoms with Crippen molar-refractivity contribution in [2.45, 2.75) is 63.8 Å². The monoisotopic (exact) mass is 356 g/mol. The summed E-state index contributed by atoms with van der Waals surface area (Å²) in [6.07, 6.45) is 0.850. The summed E-state index contributed by atoms with van der Waals surface area (Å²) >= 11 is 0. The normalized spacial score (nSPS) is 25.2. The average Bonchev–Trinajstić information content (AvgIpc) is 2.87. The number of rotatable bonds is 5. The molecule has 9 heteroatoms. The van der Waals surface area contributed by atoms with Gasteiger partial charge in [-0.25, -0.2) is 10.7 Å². The van der Waals surface area contributed by atoms with Gasteiger partial charge in [0.25, 0.3) is 0 Å². The van der Waals surface area contributed by atoms with Crippen molar-refractivity contribution in [3.8, 4) is 0 Å². The van der Waals surface area contributed by atoms with Crippen LogP contribution in [0.15, 0.2) is 17.1 Å². The van der Waals surface area contributed by atoms with Crippen molar-refractivity contribution in [2.24, 2.45) is 5.90 Å². The van der Waals surface area contributed by atoms with Gasteiger partial charge in [-0.05, 0) is 24.2 Å². The Hall–Kier alpha value is -1.26. The molecule has 0 amide bonds. The number of hydrogen-bond acceptors (Lipinski definition) is 7. The van der Waals surface area contributed by atoms with E-state index >= 15 is 0 Å². The molecule has 2 heterocycles. The molecule has 0 spiro atoms. The van der Waals surface area contributed by atoms with E-state index in [1.54, 1.807) is 12.3 Å². The Bertz CT molecular complexity index is 629. The molecule has 3 atom stereocenters. The van der Waals surface area contributed by atoms with Crippen molar-refractivity contribution in [1.29, 1.82) is 0 Å². The molecule has 0 saturated carbocycles. The average molecular weight is 356 g/mol. The van der Waals surface area contributed by atoms with Gasteiger partial charge >= 0.3 is 5.69 Å². The van der Waals surface area contributed by atoms with E-state index in [9.17, 15) is 4.79 Å². The van der Waals surface area contributed by atoms with Crippen molar-refractivity contribution < 1.29 is 14.0 Å². The highest BCUT2D eigenvalue weighted by atomic mass is 28.4. The Morgan fingerprint density at radius 3 is 2.67 bits per heavy atom. The first-order valence-electron chi connectivity index (χ1n) is 8.05. The van der Waals surface area contributed by atoms with Gasteiger partial charge in [0.15, 0.2) is 8.32 Å². The zero-order chi connectivity index (χ0) is 18.1. The SMILES string of the molecule is CC(C)(C)[Si](C)(C)OC[C@H]1O[C@@H](n2ccc(N)nc2=O)CC1ON. The second kappa shape index (κ2) is 6.93. The van der Waals surface area contributed by atoms with Crippen molar-refractivity contribution in [3.63, 3.8) is 0 Å². The topological polar surface area (TPSA) is 115 Å². The zero-order valence-electron chi connectivity index (χ0n) is 15.0. The highest BCUT2D eigenvalue weighted by molar-refractivity contribution is 6.74. The lowest BCUT2D eigenvalue weighted by atomic mass is 10.2. The molecule has 1 aromatic rings. The smallest absolute Gasteiger partial charge is 0.351 e. The Kier molecular flexibility index (Phi) is 5.50. The molecule has 1 fully saturated rings. The third-order valence-electron chi connectivity index (χ3n) is 4.93. The summed E-state index contributed by atoms with van der Waals surface area (Å²) in [7, 11) is -1.91. The van der Waals surface area contributed by atoms with Crippen LogP contribution < -0.4 is 17.3 Å². The molecule has 2 rings (SSSR count). The van der Waals surface area contributed by atoms with E-state index < -0.39 is 20.2 Å². The maximum atomic E-state index is 12.0. The number of aromatic nitrogens is 2. The second-order valence-corrected chi connectivity index (χ2v) is 12.5. The van der Waals surface area contributed by atoms with Gasteiger partial charge in [0, 0.05) is 12.6 Å². The number of nitrogen functional groups attached to an aromatic ring is 1. The zero-order valence-corrected chi connectivity index (χ0v) is 16.0. The fourth-order valence-corrected chi connectivity index (χ4v) is 3.33. The maximum absolute atomic E-state index is 12.0. The third kappa shape index (κ3) is 4.04. The van der Waals surface area contributed by atoms with Crippen molar-refractivity contribution >= 4 is 14.1 Å². The van der Waals surface area contributed by atoms with Gasteiger partial charge < -0.3 is 14.9 Å². The lowest BCUT2D eigenvalue weighted by Gasteiger charge is -2.37. The summed E-state index contributed by atoms with van der Waals surface area (Å²) < 4.78 is 13.6. The first-order valence-corrected chi connectivity index (χ1v) is 11.0. The number of nitrogens with zero attached hydrogens (tertiary/aromatic N) is 2. The predicted octanol–water partition coefficient (Wildman–Crippen LogP) is 1.39. The molecule has 0 bridgehead atoms.